The number of carbonyl (C=O) groups excluding carboxylic acids is 2. The van der Waals surface area contributed by atoms with E-state index >= 15 is 0 Å². The van der Waals surface area contributed by atoms with Crippen molar-refractivity contribution in [1.82, 2.24) is 4.90 Å². The zero-order valence-corrected chi connectivity index (χ0v) is 15.7. The monoisotopic (exact) mass is 375 g/mol. The third-order valence-corrected chi connectivity index (χ3v) is 3.96. The smallest absolute Gasteiger partial charge is 0.307 e. The van der Waals surface area contributed by atoms with Gasteiger partial charge in [0.05, 0.1) is 40.1 Å². The molecule has 0 spiro atoms. The summed E-state index contributed by atoms with van der Waals surface area (Å²) in [6, 6.07) is 10.8. The number of esters is 1. The lowest BCUT2D eigenvalue weighted by Crippen LogP contribution is -2.32. The van der Waals surface area contributed by atoms with Crippen molar-refractivity contribution in [3.05, 3.63) is 48.4 Å². The maximum Gasteiger partial charge on any atom is 0.307 e. The summed E-state index contributed by atoms with van der Waals surface area (Å²) in [5, 5.41) is 0. The van der Waals surface area contributed by atoms with E-state index in [4.69, 9.17) is 13.9 Å². The van der Waals surface area contributed by atoms with Gasteiger partial charge in [-0.3, -0.25) is 9.59 Å². The molecule has 0 unspecified atom stereocenters. The maximum atomic E-state index is 12.5. The van der Waals surface area contributed by atoms with Crippen LogP contribution in [0.3, 0.4) is 0 Å². The molecule has 1 aromatic carbocycles. The lowest BCUT2D eigenvalue weighted by Gasteiger charge is -2.21. The van der Waals surface area contributed by atoms with Gasteiger partial charge in [-0.05, 0) is 42.8 Å². The van der Waals surface area contributed by atoms with Gasteiger partial charge in [0.1, 0.15) is 17.3 Å². The second-order valence-electron chi connectivity index (χ2n) is 5.85. The van der Waals surface area contributed by atoms with Crippen molar-refractivity contribution in [1.29, 1.82) is 0 Å². The highest BCUT2D eigenvalue weighted by Gasteiger charge is 2.16. The van der Waals surface area contributed by atoms with Crippen molar-refractivity contribution in [2.75, 3.05) is 27.4 Å². The van der Waals surface area contributed by atoms with Crippen LogP contribution >= 0.6 is 0 Å². The van der Waals surface area contributed by atoms with E-state index in [1.165, 1.54) is 7.11 Å². The molecule has 0 fully saturated rings. The molecular formula is C20H25NO6. The van der Waals surface area contributed by atoms with E-state index in [9.17, 15) is 9.59 Å². The Balaban J connectivity index is 1.79. The summed E-state index contributed by atoms with van der Waals surface area (Å²) in [7, 11) is 2.94. The van der Waals surface area contributed by atoms with E-state index in [0.29, 0.717) is 31.8 Å². The van der Waals surface area contributed by atoms with E-state index in [0.717, 1.165) is 11.5 Å². The third kappa shape index (κ3) is 7.05. The number of nitrogens with zero attached hydrogens (tertiary/aromatic N) is 1. The van der Waals surface area contributed by atoms with Crippen LogP contribution in [0.1, 0.15) is 25.0 Å². The molecule has 0 atom stereocenters. The molecule has 0 radical (unpaired) electrons. The molecule has 1 amide bonds. The Morgan fingerprint density at radius 1 is 1.04 bits per heavy atom. The molecule has 0 aliphatic heterocycles. The number of hydrogen-bond donors (Lipinski definition) is 0. The number of furan rings is 1. The van der Waals surface area contributed by atoms with Gasteiger partial charge in [0.2, 0.25) is 5.91 Å². The van der Waals surface area contributed by atoms with Crippen molar-refractivity contribution in [3.63, 3.8) is 0 Å². The summed E-state index contributed by atoms with van der Waals surface area (Å²) in [5.41, 5.74) is 0. The number of hydrogen-bond acceptors (Lipinski definition) is 6. The Morgan fingerprint density at radius 3 is 2.41 bits per heavy atom. The standard InChI is InChI=1S/C20H25NO6/c1-24-16-7-9-17(10-8-16)26-14-4-6-19(22)21(12-11-20(23)25-2)15-18-5-3-13-27-18/h3,5,7-10,13H,4,6,11-12,14-15H2,1-2H3. The zero-order valence-electron chi connectivity index (χ0n) is 15.7. The average molecular weight is 375 g/mol. The lowest BCUT2D eigenvalue weighted by molar-refractivity contribution is -0.142. The maximum absolute atomic E-state index is 12.5. The molecule has 146 valence electrons. The topological polar surface area (TPSA) is 78.2 Å². The van der Waals surface area contributed by atoms with E-state index in [2.05, 4.69) is 4.74 Å². The summed E-state index contributed by atoms with van der Waals surface area (Å²) in [4.78, 5) is 25.5. The highest BCUT2D eigenvalue weighted by atomic mass is 16.5. The Kier molecular flexibility index (Phi) is 8.22. The third-order valence-electron chi connectivity index (χ3n) is 3.96. The van der Waals surface area contributed by atoms with Crippen LogP contribution < -0.4 is 9.47 Å². The molecule has 2 aromatic rings. The largest absolute Gasteiger partial charge is 0.497 e. The van der Waals surface area contributed by atoms with E-state index in [1.54, 1.807) is 30.4 Å². The van der Waals surface area contributed by atoms with Crippen molar-refractivity contribution < 1.29 is 28.2 Å². The highest BCUT2D eigenvalue weighted by molar-refractivity contribution is 5.77. The van der Waals surface area contributed by atoms with Crippen molar-refractivity contribution in [2.45, 2.75) is 25.8 Å². The quantitative estimate of drug-likeness (QED) is 0.444. The molecule has 0 aliphatic rings. The predicted molar refractivity (Wildman–Crippen MR) is 98.5 cm³/mol. The van der Waals surface area contributed by atoms with Gasteiger partial charge in [0.15, 0.2) is 0 Å². The Labute approximate surface area is 158 Å². The fourth-order valence-electron chi connectivity index (χ4n) is 2.45. The Bertz CT molecular complexity index is 696. The van der Waals surface area contributed by atoms with Crippen LogP contribution in [0.25, 0.3) is 0 Å². The number of ether oxygens (including phenoxy) is 3. The van der Waals surface area contributed by atoms with Crippen molar-refractivity contribution in [3.8, 4) is 11.5 Å². The van der Waals surface area contributed by atoms with Crippen LogP contribution in [0.4, 0.5) is 0 Å². The summed E-state index contributed by atoms with van der Waals surface area (Å²) >= 11 is 0. The predicted octanol–water partition coefficient (Wildman–Crippen LogP) is 3.04. The van der Waals surface area contributed by atoms with Crippen LogP contribution in [-0.2, 0) is 20.9 Å². The number of amides is 1. The van der Waals surface area contributed by atoms with Crippen LogP contribution in [-0.4, -0.2) is 44.1 Å². The molecule has 0 saturated heterocycles. The van der Waals surface area contributed by atoms with Gasteiger partial charge in [-0.2, -0.15) is 0 Å². The van der Waals surface area contributed by atoms with E-state index in [-0.39, 0.29) is 24.8 Å². The van der Waals surface area contributed by atoms with Crippen molar-refractivity contribution in [2.24, 2.45) is 0 Å². The molecule has 27 heavy (non-hydrogen) atoms. The van der Waals surface area contributed by atoms with Crippen LogP contribution in [0.2, 0.25) is 0 Å². The number of carbonyl (C=O) groups is 2. The molecule has 1 heterocycles. The molecule has 7 heteroatoms. The molecule has 2 rings (SSSR count). The Hall–Kier alpha value is -2.96. The molecular weight excluding hydrogens is 350 g/mol. The first kappa shape index (κ1) is 20.4. The number of rotatable bonds is 11. The fraction of sp³-hybridized carbons (Fsp3) is 0.400. The second-order valence-corrected chi connectivity index (χ2v) is 5.85. The van der Waals surface area contributed by atoms with Crippen LogP contribution in [0.5, 0.6) is 11.5 Å². The molecule has 0 saturated carbocycles. The van der Waals surface area contributed by atoms with Gasteiger partial charge < -0.3 is 23.5 Å². The summed E-state index contributed by atoms with van der Waals surface area (Å²) in [5.74, 6) is 1.74. The van der Waals surface area contributed by atoms with Gasteiger partial charge >= 0.3 is 5.97 Å². The fourth-order valence-corrected chi connectivity index (χ4v) is 2.45. The first-order valence-corrected chi connectivity index (χ1v) is 8.76. The molecule has 0 aliphatic carbocycles. The van der Waals surface area contributed by atoms with Crippen LogP contribution in [0, 0.1) is 0 Å². The van der Waals surface area contributed by atoms with E-state index < -0.39 is 0 Å². The SMILES string of the molecule is COC(=O)CCN(Cc1ccco1)C(=O)CCCOc1ccc(OC)cc1. The zero-order chi connectivity index (χ0) is 19.5. The first-order chi connectivity index (χ1) is 13.1. The van der Waals surface area contributed by atoms with Gasteiger partial charge in [0.25, 0.3) is 0 Å². The van der Waals surface area contributed by atoms with E-state index in [1.807, 2.05) is 24.3 Å². The molecule has 1 aromatic heterocycles. The summed E-state index contributed by atoms with van der Waals surface area (Å²) < 4.78 is 20.7. The van der Waals surface area contributed by atoms with Crippen LogP contribution in [0.15, 0.2) is 47.1 Å². The van der Waals surface area contributed by atoms with Crippen molar-refractivity contribution >= 4 is 11.9 Å². The first-order valence-electron chi connectivity index (χ1n) is 8.76. The normalized spacial score (nSPS) is 10.3. The van der Waals surface area contributed by atoms with Gasteiger partial charge in [-0.15, -0.1) is 0 Å². The van der Waals surface area contributed by atoms with Gasteiger partial charge in [-0.25, -0.2) is 0 Å². The minimum Gasteiger partial charge on any atom is -0.497 e. The summed E-state index contributed by atoms with van der Waals surface area (Å²) in [6.07, 6.45) is 2.59. The number of benzene rings is 1. The highest BCUT2D eigenvalue weighted by Crippen LogP contribution is 2.17. The second kappa shape index (κ2) is 10.9. The molecule has 7 nitrogen and oxygen atoms in total. The summed E-state index contributed by atoms with van der Waals surface area (Å²) in [6.45, 7) is 1.03. The lowest BCUT2D eigenvalue weighted by atomic mass is 10.2. The molecule has 0 N–H and O–H groups in total. The van der Waals surface area contributed by atoms with Gasteiger partial charge in [0, 0.05) is 13.0 Å². The minimum absolute atomic E-state index is 0.0615. The average Bonchev–Trinajstić information content (AvgIpc) is 3.21. The molecule has 0 bridgehead atoms. The Morgan fingerprint density at radius 2 is 1.78 bits per heavy atom. The van der Waals surface area contributed by atoms with Gasteiger partial charge in [-0.1, -0.05) is 0 Å². The number of methoxy groups -OCH3 is 2. The minimum atomic E-state index is -0.352.